The summed E-state index contributed by atoms with van der Waals surface area (Å²) >= 11 is 0. The Morgan fingerprint density at radius 1 is 1.44 bits per heavy atom. The molecule has 0 saturated carbocycles. The molecule has 1 aliphatic rings. The average Bonchev–Trinajstić information content (AvgIpc) is 2.71. The molecule has 18 heavy (non-hydrogen) atoms. The van der Waals surface area contributed by atoms with Crippen molar-refractivity contribution in [2.75, 3.05) is 0 Å². The van der Waals surface area contributed by atoms with E-state index in [9.17, 15) is 4.21 Å². The lowest BCUT2D eigenvalue weighted by atomic mass is 10.1. The standard InChI is InChI=1S/C14H18N2OS/c1-14(2,3)18(17)16-13-9-8-11-10(13)6-5-7-12(11)15-4/h5-7,13,16H,8-9H2,1-3H3/t13-,18?/m1/s1. The molecule has 0 aliphatic heterocycles. The van der Waals surface area contributed by atoms with E-state index < -0.39 is 11.0 Å². The van der Waals surface area contributed by atoms with E-state index >= 15 is 0 Å². The fourth-order valence-corrected chi connectivity index (χ4v) is 3.02. The van der Waals surface area contributed by atoms with Crippen LogP contribution in [0.3, 0.4) is 0 Å². The van der Waals surface area contributed by atoms with E-state index in [4.69, 9.17) is 6.57 Å². The Morgan fingerprint density at radius 3 is 2.78 bits per heavy atom. The zero-order chi connectivity index (χ0) is 13.3. The van der Waals surface area contributed by atoms with Crippen LogP contribution < -0.4 is 4.72 Å². The first kappa shape index (κ1) is 13.3. The van der Waals surface area contributed by atoms with Crippen LogP contribution in [0.15, 0.2) is 18.2 Å². The zero-order valence-corrected chi connectivity index (χ0v) is 11.8. The molecule has 0 amide bonds. The van der Waals surface area contributed by atoms with Crippen molar-refractivity contribution in [3.8, 4) is 0 Å². The highest BCUT2D eigenvalue weighted by molar-refractivity contribution is 7.84. The minimum absolute atomic E-state index is 0.113. The molecule has 2 atom stereocenters. The molecule has 0 spiro atoms. The van der Waals surface area contributed by atoms with E-state index in [1.165, 1.54) is 0 Å². The molecular weight excluding hydrogens is 244 g/mol. The Hall–Kier alpha value is -1.18. The van der Waals surface area contributed by atoms with Gasteiger partial charge >= 0.3 is 0 Å². The number of rotatable bonds is 2. The number of nitrogens with one attached hydrogen (secondary N) is 1. The van der Waals surface area contributed by atoms with Crippen molar-refractivity contribution in [2.45, 2.75) is 44.4 Å². The Morgan fingerprint density at radius 2 is 2.17 bits per heavy atom. The van der Waals surface area contributed by atoms with Gasteiger partial charge in [0.05, 0.1) is 22.3 Å². The van der Waals surface area contributed by atoms with E-state index in [0.717, 1.165) is 29.7 Å². The molecule has 2 rings (SSSR count). The summed E-state index contributed by atoms with van der Waals surface area (Å²) in [7, 11) is -1.07. The van der Waals surface area contributed by atoms with Crippen LogP contribution in [0.5, 0.6) is 0 Å². The maximum absolute atomic E-state index is 12.1. The van der Waals surface area contributed by atoms with Crippen LogP contribution in [0.2, 0.25) is 0 Å². The molecule has 96 valence electrons. The number of nitrogens with zero attached hydrogens (tertiary/aromatic N) is 1. The van der Waals surface area contributed by atoms with E-state index in [1.54, 1.807) is 0 Å². The van der Waals surface area contributed by atoms with Gasteiger partial charge < -0.3 is 0 Å². The van der Waals surface area contributed by atoms with Gasteiger partial charge in [-0.1, -0.05) is 18.2 Å². The minimum atomic E-state index is -1.07. The predicted molar refractivity (Wildman–Crippen MR) is 74.8 cm³/mol. The molecule has 4 heteroatoms. The SMILES string of the molecule is [C-]#[N+]c1cccc2c1CC[C@H]2NS(=O)C(C)(C)C. The first-order valence-corrected chi connectivity index (χ1v) is 7.26. The highest BCUT2D eigenvalue weighted by Crippen LogP contribution is 2.37. The first-order chi connectivity index (χ1) is 8.43. The van der Waals surface area contributed by atoms with Crippen LogP contribution in [-0.4, -0.2) is 8.96 Å². The Bertz CT molecular complexity index is 526. The second-order valence-electron chi connectivity index (χ2n) is 5.55. The Labute approximate surface area is 111 Å². The summed E-state index contributed by atoms with van der Waals surface area (Å²) < 4.78 is 15.1. The molecule has 0 aromatic heterocycles. The van der Waals surface area contributed by atoms with Crippen molar-refractivity contribution in [3.05, 3.63) is 40.7 Å². The van der Waals surface area contributed by atoms with Crippen molar-refractivity contribution < 1.29 is 4.21 Å². The van der Waals surface area contributed by atoms with Crippen molar-refractivity contribution in [1.82, 2.24) is 4.72 Å². The van der Waals surface area contributed by atoms with Crippen LogP contribution in [0.25, 0.3) is 4.85 Å². The van der Waals surface area contributed by atoms with E-state index in [2.05, 4.69) is 9.57 Å². The summed E-state index contributed by atoms with van der Waals surface area (Å²) in [6, 6.07) is 5.91. The van der Waals surface area contributed by atoms with Gasteiger partial charge in [-0.25, -0.2) is 13.8 Å². The van der Waals surface area contributed by atoms with Gasteiger partial charge in [-0.05, 0) is 44.7 Å². The summed E-state index contributed by atoms with van der Waals surface area (Å²) in [5.74, 6) is 0. The van der Waals surface area contributed by atoms with E-state index in [-0.39, 0.29) is 10.8 Å². The normalized spacial score (nSPS) is 20.2. The molecule has 0 fully saturated rings. The molecule has 1 N–H and O–H groups in total. The lowest BCUT2D eigenvalue weighted by Crippen LogP contribution is -2.35. The Kier molecular flexibility index (Phi) is 3.56. The number of hydrogen-bond acceptors (Lipinski definition) is 1. The van der Waals surface area contributed by atoms with Gasteiger partial charge in [0.1, 0.15) is 0 Å². The highest BCUT2D eigenvalue weighted by Gasteiger charge is 2.28. The predicted octanol–water partition coefficient (Wildman–Crippen LogP) is 3.28. The maximum atomic E-state index is 12.1. The molecule has 1 aromatic carbocycles. The summed E-state index contributed by atoms with van der Waals surface area (Å²) in [5, 5.41) is 0. The maximum Gasteiger partial charge on any atom is 0.190 e. The van der Waals surface area contributed by atoms with E-state index in [1.807, 2.05) is 39.0 Å². The molecule has 3 nitrogen and oxygen atoms in total. The third-order valence-electron chi connectivity index (χ3n) is 3.17. The summed E-state index contributed by atoms with van der Waals surface area (Å²) in [6.45, 7) is 13.0. The fraction of sp³-hybridized carbons (Fsp3) is 0.500. The lowest BCUT2D eigenvalue weighted by Gasteiger charge is -2.22. The van der Waals surface area contributed by atoms with E-state index in [0.29, 0.717) is 0 Å². The van der Waals surface area contributed by atoms with Gasteiger partial charge in [0, 0.05) is 6.04 Å². The van der Waals surface area contributed by atoms with Gasteiger partial charge in [0.2, 0.25) is 0 Å². The lowest BCUT2D eigenvalue weighted by molar-refractivity contribution is 0.596. The number of fused-ring (bicyclic) bond motifs is 1. The first-order valence-electron chi connectivity index (χ1n) is 6.11. The molecule has 0 radical (unpaired) electrons. The van der Waals surface area contributed by atoms with Crippen molar-refractivity contribution in [1.29, 1.82) is 0 Å². The largest absolute Gasteiger partial charge is 0.242 e. The molecule has 0 heterocycles. The van der Waals surface area contributed by atoms with Crippen LogP contribution in [0.4, 0.5) is 5.69 Å². The molecule has 0 saturated heterocycles. The molecule has 1 aliphatic carbocycles. The number of hydrogen-bond donors (Lipinski definition) is 1. The van der Waals surface area contributed by atoms with Crippen LogP contribution in [-0.2, 0) is 17.4 Å². The van der Waals surface area contributed by atoms with Crippen LogP contribution in [0, 0.1) is 6.57 Å². The van der Waals surface area contributed by atoms with Crippen molar-refractivity contribution >= 4 is 16.7 Å². The second kappa shape index (κ2) is 4.83. The van der Waals surface area contributed by atoms with Crippen LogP contribution >= 0.6 is 0 Å². The third kappa shape index (κ3) is 2.47. The molecular formula is C14H18N2OS. The monoisotopic (exact) mass is 262 g/mol. The van der Waals surface area contributed by atoms with Gasteiger partial charge in [-0.2, -0.15) is 0 Å². The van der Waals surface area contributed by atoms with Crippen molar-refractivity contribution in [3.63, 3.8) is 0 Å². The van der Waals surface area contributed by atoms with Crippen LogP contribution in [0.1, 0.15) is 44.4 Å². The summed E-state index contributed by atoms with van der Waals surface area (Å²) in [4.78, 5) is 3.55. The topological polar surface area (TPSA) is 33.5 Å². The minimum Gasteiger partial charge on any atom is -0.242 e. The summed E-state index contributed by atoms with van der Waals surface area (Å²) in [5.41, 5.74) is 3.00. The van der Waals surface area contributed by atoms with Gasteiger partial charge in [-0.15, -0.1) is 0 Å². The highest BCUT2D eigenvalue weighted by atomic mass is 32.2. The summed E-state index contributed by atoms with van der Waals surface area (Å²) in [6.07, 6.45) is 1.82. The van der Waals surface area contributed by atoms with Gasteiger partial charge in [0.15, 0.2) is 5.69 Å². The Balaban J connectivity index is 2.23. The molecule has 1 unspecified atom stereocenters. The quantitative estimate of drug-likeness (QED) is 0.815. The smallest absolute Gasteiger partial charge is 0.190 e. The van der Waals surface area contributed by atoms with Gasteiger partial charge in [0.25, 0.3) is 0 Å². The van der Waals surface area contributed by atoms with Gasteiger partial charge in [-0.3, -0.25) is 0 Å². The molecule has 1 aromatic rings. The second-order valence-corrected chi connectivity index (χ2v) is 7.54. The zero-order valence-electron chi connectivity index (χ0n) is 11.0. The average molecular weight is 262 g/mol. The third-order valence-corrected chi connectivity index (χ3v) is 4.78. The van der Waals surface area contributed by atoms with Crippen molar-refractivity contribution in [2.24, 2.45) is 0 Å². The number of benzene rings is 1. The fourth-order valence-electron chi connectivity index (χ4n) is 2.17. The molecule has 0 bridgehead atoms.